The molecule has 6 nitrogen and oxygen atoms in total. The Morgan fingerprint density at radius 1 is 1.13 bits per heavy atom. The van der Waals surface area contributed by atoms with Crippen molar-refractivity contribution in [2.45, 2.75) is 26.4 Å². The largest absolute Gasteiger partial charge is 0.468 e. The van der Waals surface area contributed by atoms with E-state index in [0.717, 1.165) is 30.6 Å². The minimum Gasteiger partial charge on any atom is -0.468 e. The van der Waals surface area contributed by atoms with Crippen molar-refractivity contribution in [3.05, 3.63) is 48.3 Å². The number of rotatable bonds is 8. The zero-order chi connectivity index (χ0) is 16.5. The van der Waals surface area contributed by atoms with Crippen molar-refractivity contribution in [2.24, 2.45) is 4.99 Å². The molecule has 2 heterocycles. The minimum atomic E-state index is 0.169. The topological polar surface area (TPSA) is 65.9 Å². The maximum Gasteiger partial charge on any atom is 0.191 e. The number of nitrogens with one attached hydrogen (secondary N) is 2. The number of hydrogen-bond acceptors (Lipinski definition) is 4. The summed E-state index contributed by atoms with van der Waals surface area (Å²) in [7, 11) is 1.76. The highest BCUT2D eigenvalue weighted by Gasteiger charge is 2.20. The molecular formula is C17H26N4O2. The van der Waals surface area contributed by atoms with Gasteiger partial charge in [-0.3, -0.25) is 9.89 Å². The molecule has 0 aliphatic rings. The standard InChI is InChI=1S/C17H26N4O2/c1-4-21(5-2)15(16-9-7-11-23-16)13-20-17(18-3)19-12-14-8-6-10-22-14/h6-11,15H,4-5,12-13H2,1-3H3,(H2,18,19,20). The lowest BCUT2D eigenvalue weighted by Crippen LogP contribution is -2.42. The molecule has 2 rings (SSSR count). The van der Waals surface area contributed by atoms with E-state index in [9.17, 15) is 0 Å². The Morgan fingerprint density at radius 3 is 2.43 bits per heavy atom. The van der Waals surface area contributed by atoms with Crippen LogP contribution in [0.3, 0.4) is 0 Å². The first kappa shape index (κ1) is 17.1. The van der Waals surface area contributed by atoms with Crippen molar-refractivity contribution in [1.82, 2.24) is 15.5 Å². The average Bonchev–Trinajstić information content (AvgIpc) is 3.27. The van der Waals surface area contributed by atoms with Crippen LogP contribution in [0, 0.1) is 0 Å². The molecule has 1 unspecified atom stereocenters. The Morgan fingerprint density at radius 2 is 1.87 bits per heavy atom. The van der Waals surface area contributed by atoms with Crippen LogP contribution in [0.5, 0.6) is 0 Å². The van der Waals surface area contributed by atoms with E-state index >= 15 is 0 Å². The number of likely N-dealkylation sites (N-methyl/N-ethyl adjacent to an activating group) is 1. The van der Waals surface area contributed by atoms with Crippen LogP contribution in [0.25, 0.3) is 0 Å². The lowest BCUT2D eigenvalue weighted by molar-refractivity contribution is 0.193. The molecule has 126 valence electrons. The second-order valence-corrected chi connectivity index (χ2v) is 5.14. The van der Waals surface area contributed by atoms with Gasteiger partial charge in [0.15, 0.2) is 5.96 Å². The maximum absolute atomic E-state index is 5.61. The molecule has 0 saturated heterocycles. The van der Waals surface area contributed by atoms with Crippen LogP contribution in [0.2, 0.25) is 0 Å². The van der Waals surface area contributed by atoms with E-state index in [-0.39, 0.29) is 6.04 Å². The normalized spacial score (nSPS) is 13.3. The Kier molecular flexibility index (Phi) is 6.75. The quantitative estimate of drug-likeness (QED) is 0.578. The van der Waals surface area contributed by atoms with E-state index in [1.54, 1.807) is 19.6 Å². The van der Waals surface area contributed by atoms with E-state index in [0.29, 0.717) is 13.1 Å². The van der Waals surface area contributed by atoms with Gasteiger partial charge in [-0.1, -0.05) is 13.8 Å². The molecule has 0 spiro atoms. The van der Waals surface area contributed by atoms with Gasteiger partial charge in [-0.15, -0.1) is 0 Å². The molecule has 2 N–H and O–H groups in total. The molecule has 0 bridgehead atoms. The van der Waals surface area contributed by atoms with Gasteiger partial charge in [0, 0.05) is 13.6 Å². The summed E-state index contributed by atoms with van der Waals surface area (Å²) in [6, 6.07) is 7.92. The fraction of sp³-hybridized carbons (Fsp3) is 0.471. The average molecular weight is 318 g/mol. The summed E-state index contributed by atoms with van der Waals surface area (Å²) in [6.07, 6.45) is 3.39. The first-order valence-electron chi connectivity index (χ1n) is 8.02. The second-order valence-electron chi connectivity index (χ2n) is 5.14. The summed E-state index contributed by atoms with van der Waals surface area (Å²) in [6.45, 7) is 7.55. The van der Waals surface area contributed by atoms with Gasteiger partial charge in [0.1, 0.15) is 11.5 Å². The number of aliphatic imine (C=N–C) groups is 1. The molecule has 2 aromatic heterocycles. The summed E-state index contributed by atoms with van der Waals surface area (Å²) >= 11 is 0. The Bertz CT molecular complexity index is 559. The molecule has 1 atom stereocenters. The highest BCUT2D eigenvalue weighted by Crippen LogP contribution is 2.20. The van der Waals surface area contributed by atoms with Gasteiger partial charge >= 0.3 is 0 Å². The summed E-state index contributed by atoms with van der Waals surface area (Å²) < 4.78 is 10.9. The van der Waals surface area contributed by atoms with Crippen molar-refractivity contribution in [1.29, 1.82) is 0 Å². The molecule has 0 aliphatic carbocycles. The summed E-state index contributed by atoms with van der Waals surface area (Å²) in [5.74, 6) is 2.58. The lowest BCUT2D eigenvalue weighted by atomic mass is 10.2. The van der Waals surface area contributed by atoms with Gasteiger partial charge in [-0.25, -0.2) is 0 Å². The van der Waals surface area contributed by atoms with Crippen LogP contribution < -0.4 is 10.6 Å². The fourth-order valence-electron chi connectivity index (χ4n) is 2.55. The van der Waals surface area contributed by atoms with E-state index < -0.39 is 0 Å². The van der Waals surface area contributed by atoms with Crippen molar-refractivity contribution < 1.29 is 8.83 Å². The van der Waals surface area contributed by atoms with Crippen LogP contribution in [0.4, 0.5) is 0 Å². The van der Waals surface area contributed by atoms with E-state index in [1.165, 1.54) is 0 Å². The zero-order valence-corrected chi connectivity index (χ0v) is 14.1. The van der Waals surface area contributed by atoms with Gasteiger partial charge < -0.3 is 19.5 Å². The Labute approximate surface area is 137 Å². The van der Waals surface area contributed by atoms with Gasteiger partial charge in [0.25, 0.3) is 0 Å². The second kappa shape index (κ2) is 9.05. The third-order valence-electron chi connectivity index (χ3n) is 3.82. The monoisotopic (exact) mass is 318 g/mol. The summed E-state index contributed by atoms with van der Waals surface area (Å²) in [5.41, 5.74) is 0. The minimum absolute atomic E-state index is 0.169. The van der Waals surface area contributed by atoms with Crippen molar-refractivity contribution in [2.75, 3.05) is 26.7 Å². The van der Waals surface area contributed by atoms with Crippen LogP contribution in [0.15, 0.2) is 50.6 Å². The number of guanidine groups is 1. The number of nitrogens with zero attached hydrogens (tertiary/aromatic N) is 2. The molecule has 6 heteroatoms. The van der Waals surface area contributed by atoms with Crippen LogP contribution in [-0.4, -0.2) is 37.5 Å². The van der Waals surface area contributed by atoms with Gasteiger partial charge in [-0.05, 0) is 37.4 Å². The number of furan rings is 2. The molecule has 0 amide bonds. The highest BCUT2D eigenvalue weighted by molar-refractivity contribution is 5.79. The maximum atomic E-state index is 5.61. The van der Waals surface area contributed by atoms with Crippen molar-refractivity contribution >= 4 is 5.96 Å². The molecule has 0 saturated carbocycles. The Balaban J connectivity index is 1.93. The van der Waals surface area contributed by atoms with Crippen molar-refractivity contribution in [3.63, 3.8) is 0 Å². The third kappa shape index (κ3) is 4.89. The van der Waals surface area contributed by atoms with E-state index in [4.69, 9.17) is 8.83 Å². The van der Waals surface area contributed by atoms with E-state index in [1.807, 2.05) is 24.3 Å². The van der Waals surface area contributed by atoms with Crippen LogP contribution >= 0.6 is 0 Å². The lowest BCUT2D eigenvalue weighted by Gasteiger charge is -2.28. The van der Waals surface area contributed by atoms with Gasteiger partial charge in [-0.2, -0.15) is 0 Å². The molecule has 0 fully saturated rings. The fourth-order valence-corrected chi connectivity index (χ4v) is 2.55. The third-order valence-corrected chi connectivity index (χ3v) is 3.82. The van der Waals surface area contributed by atoms with Crippen LogP contribution in [0.1, 0.15) is 31.4 Å². The first-order valence-corrected chi connectivity index (χ1v) is 8.02. The molecule has 23 heavy (non-hydrogen) atoms. The molecular weight excluding hydrogens is 292 g/mol. The molecule has 0 aromatic carbocycles. The number of hydrogen-bond donors (Lipinski definition) is 2. The van der Waals surface area contributed by atoms with Gasteiger partial charge in [0.2, 0.25) is 0 Å². The highest BCUT2D eigenvalue weighted by atomic mass is 16.3. The molecule has 0 radical (unpaired) electrons. The predicted octanol–water partition coefficient (Wildman–Crippen LogP) is 2.62. The Hall–Kier alpha value is -2.21. The zero-order valence-electron chi connectivity index (χ0n) is 14.1. The first-order chi connectivity index (χ1) is 11.3. The van der Waals surface area contributed by atoms with E-state index in [2.05, 4.69) is 34.4 Å². The SMILES string of the molecule is CCN(CC)C(CNC(=NC)NCc1ccco1)c1ccco1. The van der Waals surface area contributed by atoms with Gasteiger partial charge in [0.05, 0.1) is 25.1 Å². The molecule has 0 aliphatic heterocycles. The summed E-state index contributed by atoms with van der Waals surface area (Å²) in [4.78, 5) is 6.61. The smallest absolute Gasteiger partial charge is 0.191 e. The van der Waals surface area contributed by atoms with Crippen molar-refractivity contribution in [3.8, 4) is 0 Å². The summed E-state index contributed by atoms with van der Waals surface area (Å²) in [5, 5.41) is 6.61. The molecule has 2 aromatic rings. The van der Waals surface area contributed by atoms with Crippen LogP contribution in [-0.2, 0) is 6.54 Å². The predicted molar refractivity (Wildman–Crippen MR) is 91.3 cm³/mol.